The van der Waals surface area contributed by atoms with Crippen LogP contribution < -0.4 is 14.4 Å². The van der Waals surface area contributed by atoms with E-state index < -0.39 is 27.7 Å². The van der Waals surface area contributed by atoms with E-state index >= 15 is 0 Å². The zero-order chi connectivity index (χ0) is 23.1. The number of carbonyl (C=O) groups excluding carboxylic acids is 1. The van der Waals surface area contributed by atoms with Gasteiger partial charge in [0.1, 0.15) is 17.3 Å². The molecular weight excluding hydrogens is 449 g/mol. The van der Waals surface area contributed by atoms with E-state index in [1.165, 1.54) is 29.0 Å². The van der Waals surface area contributed by atoms with Crippen LogP contribution in [0.25, 0.3) is 0 Å². The lowest BCUT2D eigenvalue weighted by Crippen LogP contribution is -2.32. The van der Waals surface area contributed by atoms with Crippen molar-refractivity contribution in [2.75, 3.05) is 22.8 Å². The number of nitrogens with one attached hydrogen (secondary N) is 1. The number of alkyl halides is 3. The van der Waals surface area contributed by atoms with Crippen LogP contribution >= 0.6 is 0 Å². The van der Waals surface area contributed by atoms with Gasteiger partial charge in [-0.3, -0.25) is 9.10 Å². The molecule has 0 radical (unpaired) electrons. The van der Waals surface area contributed by atoms with E-state index in [1.54, 1.807) is 13.2 Å². The molecule has 0 unspecified atom stereocenters. The van der Waals surface area contributed by atoms with Crippen molar-refractivity contribution in [1.82, 2.24) is 9.55 Å². The van der Waals surface area contributed by atoms with Crippen LogP contribution in [-0.4, -0.2) is 37.0 Å². The third kappa shape index (κ3) is 4.00. The highest BCUT2D eigenvalue weighted by atomic mass is 32.2. The Morgan fingerprint density at radius 2 is 1.88 bits per heavy atom. The minimum absolute atomic E-state index is 0.00771. The van der Waals surface area contributed by atoms with Gasteiger partial charge in [-0.25, -0.2) is 13.4 Å². The first kappa shape index (κ1) is 21.7. The molecule has 8 nitrogen and oxygen atoms in total. The third-order valence-electron chi connectivity index (χ3n) is 4.83. The molecule has 12 heteroatoms. The molecule has 1 aliphatic heterocycles. The molecule has 3 aromatic rings. The molecule has 2 heterocycles. The highest BCUT2D eigenvalue weighted by Crippen LogP contribution is 2.36. The number of rotatable bonds is 3. The number of halogens is 3. The molecule has 32 heavy (non-hydrogen) atoms. The maximum Gasteiger partial charge on any atom is 0.416 e. The van der Waals surface area contributed by atoms with E-state index in [-0.39, 0.29) is 41.0 Å². The summed E-state index contributed by atoms with van der Waals surface area (Å²) < 4.78 is 73.2. The Balaban J connectivity index is 1.67. The van der Waals surface area contributed by atoms with Gasteiger partial charge in [-0.05, 0) is 42.5 Å². The number of anilines is 2. The minimum Gasteiger partial charge on any atom is -0.490 e. The summed E-state index contributed by atoms with van der Waals surface area (Å²) in [7, 11) is -2.55. The average Bonchev–Trinajstić information content (AvgIpc) is 3.12. The van der Waals surface area contributed by atoms with E-state index in [0.29, 0.717) is 0 Å². The molecule has 168 valence electrons. The topological polar surface area (TPSA) is 93.5 Å². The summed E-state index contributed by atoms with van der Waals surface area (Å²) in [6, 6.07) is 7.98. The van der Waals surface area contributed by atoms with Gasteiger partial charge in [0, 0.05) is 25.1 Å². The lowest BCUT2D eigenvalue weighted by atomic mass is 10.2. The largest absolute Gasteiger partial charge is 0.490 e. The van der Waals surface area contributed by atoms with Gasteiger partial charge >= 0.3 is 6.18 Å². The van der Waals surface area contributed by atoms with Crippen molar-refractivity contribution in [1.29, 1.82) is 0 Å². The second-order valence-electron chi connectivity index (χ2n) is 6.95. The Morgan fingerprint density at radius 1 is 1.16 bits per heavy atom. The molecule has 0 fully saturated rings. The molecule has 0 saturated carbocycles. The van der Waals surface area contributed by atoms with Crippen LogP contribution in [0.15, 0.2) is 59.8 Å². The molecule has 4 rings (SSSR count). The van der Waals surface area contributed by atoms with E-state index in [4.69, 9.17) is 4.74 Å². The molecule has 0 bridgehead atoms. The van der Waals surface area contributed by atoms with Gasteiger partial charge in [0.2, 0.25) is 0 Å². The van der Waals surface area contributed by atoms with Gasteiger partial charge in [-0.15, -0.1) is 0 Å². The number of hydrogen-bond acceptors (Lipinski definition) is 5. The van der Waals surface area contributed by atoms with E-state index in [1.807, 2.05) is 0 Å². The molecule has 1 amide bonds. The zero-order valence-electron chi connectivity index (χ0n) is 16.6. The summed E-state index contributed by atoms with van der Waals surface area (Å²) in [6.45, 7) is -0.108. The van der Waals surface area contributed by atoms with Gasteiger partial charge in [-0.1, -0.05) is 0 Å². The molecule has 0 spiro atoms. The van der Waals surface area contributed by atoms with Crippen LogP contribution in [0.3, 0.4) is 0 Å². The van der Waals surface area contributed by atoms with Crippen molar-refractivity contribution in [3.05, 3.63) is 66.2 Å². The monoisotopic (exact) mass is 466 g/mol. The number of aromatic nitrogens is 2. The predicted molar refractivity (Wildman–Crippen MR) is 109 cm³/mol. The van der Waals surface area contributed by atoms with Gasteiger partial charge in [0.15, 0.2) is 5.82 Å². The lowest BCUT2D eigenvalue weighted by Gasteiger charge is -2.22. The van der Waals surface area contributed by atoms with Crippen molar-refractivity contribution in [3.63, 3.8) is 0 Å². The average molecular weight is 466 g/mol. The maximum atomic E-state index is 13.3. The summed E-state index contributed by atoms with van der Waals surface area (Å²) in [5, 5.41) is 2.59. The SMILES string of the molecule is Cn1ccnc1C(=O)Nc1ccc2c(c1)S(=O)(=O)N(c1ccc(C(F)(F)F)cc1)CCO2. The zero-order valence-corrected chi connectivity index (χ0v) is 17.4. The van der Waals surface area contributed by atoms with Gasteiger partial charge < -0.3 is 14.6 Å². The quantitative estimate of drug-likeness (QED) is 0.640. The Labute approximate surface area is 181 Å². The Bertz CT molecular complexity index is 1270. The number of nitrogens with zero attached hydrogens (tertiary/aromatic N) is 3. The van der Waals surface area contributed by atoms with Crippen molar-refractivity contribution in [2.45, 2.75) is 11.1 Å². The van der Waals surface area contributed by atoms with Crippen LogP contribution in [-0.2, 0) is 23.2 Å². The van der Waals surface area contributed by atoms with Crippen LogP contribution in [0.5, 0.6) is 5.75 Å². The number of benzene rings is 2. The first-order valence-electron chi connectivity index (χ1n) is 9.33. The van der Waals surface area contributed by atoms with Crippen LogP contribution in [0.4, 0.5) is 24.5 Å². The summed E-state index contributed by atoms with van der Waals surface area (Å²) in [5.41, 5.74) is -0.625. The molecule has 1 N–H and O–H groups in total. The minimum atomic E-state index is -4.54. The van der Waals surface area contributed by atoms with Gasteiger partial charge in [0.25, 0.3) is 15.9 Å². The highest BCUT2D eigenvalue weighted by molar-refractivity contribution is 7.93. The number of fused-ring (bicyclic) bond motifs is 1. The van der Waals surface area contributed by atoms with Crippen LogP contribution in [0.2, 0.25) is 0 Å². The maximum absolute atomic E-state index is 13.3. The molecule has 0 saturated heterocycles. The fourth-order valence-corrected chi connectivity index (χ4v) is 4.85. The van der Waals surface area contributed by atoms with Gasteiger partial charge in [0.05, 0.1) is 17.8 Å². The predicted octanol–water partition coefficient (Wildman–Crippen LogP) is 3.28. The van der Waals surface area contributed by atoms with Crippen LogP contribution in [0.1, 0.15) is 16.2 Å². The van der Waals surface area contributed by atoms with E-state index in [0.717, 1.165) is 28.6 Å². The van der Waals surface area contributed by atoms with E-state index in [9.17, 15) is 26.4 Å². The van der Waals surface area contributed by atoms with Crippen molar-refractivity contribution >= 4 is 27.3 Å². The number of ether oxygens (including phenoxy) is 1. The van der Waals surface area contributed by atoms with Crippen molar-refractivity contribution in [2.24, 2.45) is 7.05 Å². The smallest absolute Gasteiger partial charge is 0.416 e. The number of aryl methyl sites for hydroxylation is 1. The van der Waals surface area contributed by atoms with E-state index in [2.05, 4.69) is 10.3 Å². The second kappa shape index (κ2) is 7.86. The van der Waals surface area contributed by atoms with Crippen molar-refractivity contribution in [3.8, 4) is 5.75 Å². The lowest BCUT2D eigenvalue weighted by molar-refractivity contribution is -0.137. The Hall–Kier alpha value is -3.54. The van der Waals surface area contributed by atoms with Gasteiger partial charge in [-0.2, -0.15) is 13.2 Å². The second-order valence-corrected chi connectivity index (χ2v) is 8.78. The molecule has 2 aromatic carbocycles. The molecule has 0 aliphatic carbocycles. The summed E-state index contributed by atoms with van der Waals surface area (Å²) >= 11 is 0. The van der Waals surface area contributed by atoms with Crippen molar-refractivity contribution < 1.29 is 31.1 Å². The summed E-state index contributed by atoms with van der Waals surface area (Å²) in [5.74, 6) is -0.330. The number of sulfonamides is 1. The normalized spacial score (nSPS) is 15.4. The molecule has 1 aliphatic rings. The Morgan fingerprint density at radius 3 is 2.50 bits per heavy atom. The standard InChI is InChI=1S/C20H17F3N4O4S/c1-26-9-8-24-18(26)19(28)25-14-4-7-16-17(12-14)32(29,30)27(10-11-31-16)15-5-2-13(3-6-15)20(21,22)23/h2-9,12H,10-11H2,1H3,(H,25,28). The number of amides is 1. The molecular formula is C20H17F3N4O4S. The Kier molecular flexibility index (Phi) is 5.33. The summed E-state index contributed by atoms with van der Waals surface area (Å²) in [4.78, 5) is 16.1. The molecule has 1 aromatic heterocycles. The third-order valence-corrected chi connectivity index (χ3v) is 6.68. The summed E-state index contributed by atoms with van der Waals surface area (Å²) in [6.07, 6.45) is -1.50. The molecule has 0 atom stereocenters. The van der Waals surface area contributed by atoms with Crippen LogP contribution in [0, 0.1) is 0 Å². The number of carbonyl (C=O) groups is 1. The number of imidazole rings is 1. The fraction of sp³-hybridized carbons (Fsp3) is 0.200. The fourth-order valence-electron chi connectivity index (χ4n) is 3.24. The first-order chi connectivity index (χ1) is 15.1. The highest BCUT2D eigenvalue weighted by Gasteiger charge is 2.34. The first-order valence-corrected chi connectivity index (χ1v) is 10.8. The number of hydrogen-bond donors (Lipinski definition) is 1.